The van der Waals surface area contributed by atoms with E-state index >= 15 is 0 Å². The molecule has 1 aromatic carbocycles. The van der Waals surface area contributed by atoms with Crippen LogP contribution in [0.4, 0.5) is 0 Å². The van der Waals surface area contributed by atoms with Gasteiger partial charge >= 0.3 is 0 Å². The molecule has 2 heterocycles. The Morgan fingerprint density at radius 3 is 2.76 bits per heavy atom. The van der Waals surface area contributed by atoms with Crippen LogP contribution in [0.3, 0.4) is 0 Å². The number of likely N-dealkylation sites (tertiary alicyclic amines) is 1. The van der Waals surface area contributed by atoms with E-state index in [1.54, 1.807) is 0 Å². The molecule has 0 atom stereocenters. The zero-order valence-electron chi connectivity index (χ0n) is 12.7. The van der Waals surface area contributed by atoms with Gasteiger partial charge in [0.2, 0.25) is 0 Å². The molecule has 0 saturated carbocycles. The number of halogens is 1. The van der Waals surface area contributed by atoms with E-state index in [9.17, 15) is 0 Å². The maximum Gasteiger partial charge on any atom is 0.0346 e. The third kappa shape index (κ3) is 4.19. The first-order chi connectivity index (χ1) is 9.86. The standard InChI is InChI=1S/C17H24N2S.ClH/c1-18-9-6-14-7-10-19(11-8-14)12-15-13-20-17-5-3-2-4-16(15)17;/h2-5,13-14,18H,6-12H2,1H3;1H. The second-order valence-electron chi connectivity index (χ2n) is 5.87. The third-order valence-electron chi connectivity index (χ3n) is 4.46. The molecular weight excluding hydrogens is 300 g/mol. The monoisotopic (exact) mass is 324 g/mol. The molecule has 2 nitrogen and oxygen atoms in total. The van der Waals surface area contributed by atoms with Gasteiger partial charge in [0.15, 0.2) is 0 Å². The third-order valence-corrected chi connectivity index (χ3v) is 5.48. The molecule has 116 valence electrons. The minimum absolute atomic E-state index is 0. The van der Waals surface area contributed by atoms with E-state index < -0.39 is 0 Å². The lowest BCUT2D eigenvalue weighted by Crippen LogP contribution is -2.34. The average Bonchev–Trinajstić information content (AvgIpc) is 2.90. The van der Waals surface area contributed by atoms with Crippen molar-refractivity contribution in [1.82, 2.24) is 10.2 Å². The summed E-state index contributed by atoms with van der Waals surface area (Å²) in [4.78, 5) is 2.63. The highest BCUT2D eigenvalue weighted by Gasteiger charge is 2.19. The lowest BCUT2D eigenvalue weighted by atomic mass is 9.93. The van der Waals surface area contributed by atoms with Crippen LogP contribution < -0.4 is 5.32 Å². The SMILES string of the molecule is CNCCC1CCN(Cc2csc3ccccc23)CC1.Cl. The van der Waals surface area contributed by atoms with Gasteiger partial charge in [-0.2, -0.15) is 0 Å². The van der Waals surface area contributed by atoms with Crippen LogP contribution >= 0.6 is 23.7 Å². The molecule has 1 aliphatic rings. The van der Waals surface area contributed by atoms with Crippen molar-refractivity contribution in [2.45, 2.75) is 25.8 Å². The summed E-state index contributed by atoms with van der Waals surface area (Å²) in [5.74, 6) is 0.929. The number of rotatable bonds is 5. The lowest BCUT2D eigenvalue weighted by molar-refractivity contribution is 0.173. The molecule has 0 unspecified atom stereocenters. The summed E-state index contributed by atoms with van der Waals surface area (Å²) >= 11 is 1.88. The quantitative estimate of drug-likeness (QED) is 0.889. The van der Waals surface area contributed by atoms with Gasteiger partial charge in [-0.05, 0) is 74.3 Å². The van der Waals surface area contributed by atoms with E-state index in [4.69, 9.17) is 0 Å². The predicted molar refractivity (Wildman–Crippen MR) is 95.6 cm³/mol. The van der Waals surface area contributed by atoms with Crippen LogP contribution in [-0.4, -0.2) is 31.6 Å². The summed E-state index contributed by atoms with van der Waals surface area (Å²) in [6, 6.07) is 8.78. The van der Waals surface area contributed by atoms with Gasteiger partial charge in [-0.25, -0.2) is 0 Å². The number of hydrogen-bond donors (Lipinski definition) is 1. The predicted octanol–water partition coefficient (Wildman–Crippen LogP) is 4.14. The normalized spacial score (nSPS) is 17.0. The molecule has 1 saturated heterocycles. The zero-order chi connectivity index (χ0) is 13.8. The minimum Gasteiger partial charge on any atom is -0.320 e. The smallest absolute Gasteiger partial charge is 0.0346 e. The molecule has 1 aromatic heterocycles. The van der Waals surface area contributed by atoms with Crippen LogP contribution in [-0.2, 0) is 6.54 Å². The number of hydrogen-bond acceptors (Lipinski definition) is 3. The molecular formula is C17H25ClN2S. The molecule has 0 aliphatic carbocycles. The first-order valence-corrected chi connectivity index (χ1v) is 8.57. The van der Waals surface area contributed by atoms with Crippen molar-refractivity contribution in [2.75, 3.05) is 26.7 Å². The summed E-state index contributed by atoms with van der Waals surface area (Å²) in [6.07, 6.45) is 4.07. The maximum absolute atomic E-state index is 3.27. The van der Waals surface area contributed by atoms with Crippen molar-refractivity contribution < 1.29 is 0 Å². The van der Waals surface area contributed by atoms with Gasteiger partial charge in [0.25, 0.3) is 0 Å². The topological polar surface area (TPSA) is 15.3 Å². The Kier molecular flexibility index (Phi) is 6.49. The summed E-state index contributed by atoms with van der Waals surface area (Å²) in [6.45, 7) is 4.82. The van der Waals surface area contributed by atoms with Crippen molar-refractivity contribution in [3.05, 3.63) is 35.2 Å². The van der Waals surface area contributed by atoms with Crippen LogP contribution in [0.1, 0.15) is 24.8 Å². The van der Waals surface area contributed by atoms with Gasteiger partial charge in [0.05, 0.1) is 0 Å². The Morgan fingerprint density at radius 2 is 2.00 bits per heavy atom. The number of benzene rings is 1. The van der Waals surface area contributed by atoms with Gasteiger partial charge < -0.3 is 5.32 Å². The summed E-state index contributed by atoms with van der Waals surface area (Å²) < 4.78 is 1.42. The van der Waals surface area contributed by atoms with E-state index in [-0.39, 0.29) is 12.4 Å². The summed E-state index contributed by atoms with van der Waals surface area (Å²) in [7, 11) is 2.05. The highest BCUT2D eigenvalue weighted by atomic mass is 35.5. The van der Waals surface area contributed by atoms with Crippen molar-refractivity contribution in [3.63, 3.8) is 0 Å². The summed E-state index contributed by atoms with van der Waals surface area (Å²) in [5.41, 5.74) is 1.51. The number of nitrogens with zero attached hydrogens (tertiary/aromatic N) is 1. The maximum atomic E-state index is 3.27. The fourth-order valence-corrected chi connectivity index (χ4v) is 4.13. The fraction of sp³-hybridized carbons (Fsp3) is 0.529. The van der Waals surface area contributed by atoms with Crippen molar-refractivity contribution in [3.8, 4) is 0 Å². The van der Waals surface area contributed by atoms with E-state index in [1.165, 1.54) is 54.5 Å². The Labute approximate surface area is 137 Å². The summed E-state index contributed by atoms with van der Waals surface area (Å²) in [5, 5.41) is 7.07. The second kappa shape index (κ2) is 8.14. The molecule has 0 bridgehead atoms. The Morgan fingerprint density at radius 1 is 1.24 bits per heavy atom. The van der Waals surface area contributed by atoms with E-state index in [2.05, 4.69) is 46.9 Å². The van der Waals surface area contributed by atoms with Gasteiger partial charge in [0.1, 0.15) is 0 Å². The number of piperidine rings is 1. The van der Waals surface area contributed by atoms with E-state index in [0.29, 0.717) is 0 Å². The highest BCUT2D eigenvalue weighted by molar-refractivity contribution is 7.17. The molecule has 1 fully saturated rings. The molecule has 21 heavy (non-hydrogen) atoms. The van der Waals surface area contributed by atoms with Gasteiger partial charge in [0, 0.05) is 11.2 Å². The highest BCUT2D eigenvalue weighted by Crippen LogP contribution is 2.28. The first kappa shape index (κ1) is 16.8. The van der Waals surface area contributed by atoms with Crippen LogP contribution in [0.2, 0.25) is 0 Å². The minimum atomic E-state index is 0. The Hall–Kier alpha value is -0.610. The van der Waals surface area contributed by atoms with Gasteiger partial charge in [-0.1, -0.05) is 18.2 Å². The molecule has 1 aliphatic heterocycles. The fourth-order valence-electron chi connectivity index (χ4n) is 3.18. The van der Waals surface area contributed by atoms with E-state index in [1.807, 2.05) is 11.3 Å². The molecule has 2 aromatic rings. The lowest BCUT2D eigenvalue weighted by Gasteiger charge is -2.31. The average molecular weight is 325 g/mol. The number of thiophene rings is 1. The van der Waals surface area contributed by atoms with Crippen molar-refractivity contribution in [2.24, 2.45) is 5.92 Å². The molecule has 0 radical (unpaired) electrons. The number of fused-ring (bicyclic) bond motifs is 1. The second-order valence-corrected chi connectivity index (χ2v) is 6.78. The Bertz CT molecular complexity index is 546. The Balaban J connectivity index is 0.00000161. The zero-order valence-corrected chi connectivity index (χ0v) is 14.3. The van der Waals surface area contributed by atoms with Crippen LogP contribution in [0.5, 0.6) is 0 Å². The van der Waals surface area contributed by atoms with Gasteiger partial charge in [-0.15, -0.1) is 23.7 Å². The van der Waals surface area contributed by atoms with Crippen LogP contribution in [0, 0.1) is 5.92 Å². The van der Waals surface area contributed by atoms with Crippen LogP contribution in [0.25, 0.3) is 10.1 Å². The number of nitrogens with one attached hydrogen (secondary N) is 1. The molecule has 0 spiro atoms. The van der Waals surface area contributed by atoms with Crippen molar-refractivity contribution >= 4 is 33.8 Å². The largest absolute Gasteiger partial charge is 0.320 e. The first-order valence-electron chi connectivity index (χ1n) is 7.69. The molecule has 0 amide bonds. The molecule has 4 heteroatoms. The molecule has 1 N–H and O–H groups in total. The van der Waals surface area contributed by atoms with E-state index in [0.717, 1.165) is 12.5 Å². The van der Waals surface area contributed by atoms with Gasteiger partial charge in [-0.3, -0.25) is 4.90 Å². The molecule has 3 rings (SSSR count). The van der Waals surface area contributed by atoms with Crippen molar-refractivity contribution in [1.29, 1.82) is 0 Å². The van der Waals surface area contributed by atoms with Crippen LogP contribution in [0.15, 0.2) is 29.6 Å².